The number of anilines is 1. The van der Waals surface area contributed by atoms with Gasteiger partial charge in [-0.05, 0) is 55.9 Å². The highest BCUT2D eigenvalue weighted by Gasteiger charge is 2.20. The zero-order valence-corrected chi connectivity index (χ0v) is 16.4. The van der Waals surface area contributed by atoms with E-state index in [2.05, 4.69) is 10.6 Å². The second kappa shape index (κ2) is 9.94. The van der Waals surface area contributed by atoms with Gasteiger partial charge in [0.25, 0.3) is 0 Å². The number of rotatable bonds is 8. The fraction of sp³-hybridized carbons (Fsp3) is 0.300. The smallest absolute Gasteiger partial charge is 0.238 e. The Bertz CT molecular complexity index is 763. The number of likely N-dealkylation sites (N-methyl/N-ethyl adjacent to an activating group) is 1. The van der Waals surface area contributed by atoms with Gasteiger partial charge in [-0.1, -0.05) is 23.7 Å². The predicted molar refractivity (Wildman–Crippen MR) is 107 cm³/mol. The van der Waals surface area contributed by atoms with Gasteiger partial charge in [0.2, 0.25) is 11.8 Å². The highest BCUT2D eigenvalue weighted by Crippen LogP contribution is 2.13. The van der Waals surface area contributed by atoms with Crippen molar-refractivity contribution in [3.8, 4) is 5.75 Å². The average molecular weight is 390 g/mol. The van der Waals surface area contributed by atoms with Crippen molar-refractivity contribution < 1.29 is 14.3 Å². The molecular formula is C20H24ClN3O3. The van der Waals surface area contributed by atoms with E-state index < -0.39 is 6.04 Å². The summed E-state index contributed by atoms with van der Waals surface area (Å²) in [6, 6.07) is 13.9. The summed E-state index contributed by atoms with van der Waals surface area (Å²) in [5, 5.41) is 6.26. The molecule has 2 rings (SSSR count). The first-order valence-corrected chi connectivity index (χ1v) is 8.93. The molecule has 0 fully saturated rings. The molecule has 6 nitrogen and oxygen atoms in total. The van der Waals surface area contributed by atoms with E-state index in [4.69, 9.17) is 16.3 Å². The van der Waals surface area contributed by atoms with Crippen molar-refractivity contribution in [2.24, 2.45) is 0 Å². The number of nitrogens with one attached hydrogen (secondary N) is 2. The van der Waals surface area contributed by atoms with Gasteiger partial charge in [0.05, 0.1) is 19.7 Å². The second-order valence-electron chi connectivity index (χ2n) is 6.21. The predicted octanol–water partition coefficient (Wildman–Crippen LogP) is 2.92. The minimum Gasteiger partial charge on any atom is -0.497 e. The summed E-state index contributed by atoms with van der Waals surface area (Å²) in [5.74, 6) is 0.423. The Hall–Kier alpha value is -2.57. The lowest BCUT2D eigenvalue weighted by Gasteiger charge is -2.23. The highest BCUT2D eigenvalue weighted by molar-refractivity contribution is 6.30. The molecule has 0 aliphatic heterocycles. The average Bonchev–Trinajstić information content (AvgIpc) is 2.67. The van der Waals surface area contributed by atoms with E-state index in [1.54, 1.807) is 50.2 Å². The number of carbonyl (C=O) groups is 2. The lowest BCUT2D eigenvalue weighted by atomic mass is 10.2. The molecule has 0 aliphatic rings. The van der Waals surface area contributed by atoms with Crippen LogP contribution >= 0.6 is 11.6 Å². The van der Waals surface area contributed by atoms with E-state index in [1.807, 2.05) is 24.3 Å². The first kappa shape index (κ1) is 20.7. The number of hydrogen-bond acceptors (Lipinski definition) is 4. The summed E-state index contributed by atoms with van der Waals surface area (Å²) in [4.78, 5) is 26.2. The Balaban J connectivity index is 1.80. The van der Waals surface area contributed by atoms with Crippen molar-refractivity contribution in [3.63, 3.8) is 0 Å². The molecule has 0 bridgehead atoms. The van der Waals surface area contributed by atoms with Crippen molar-refractivity contribution in [1.29, 1.82) is 0 Å². The van der Waals surface area contributed by atoms with Gasteiger partial charge in [-0.15, -0.1) is 0 Å². The van der Waals surface area contributed by atoms with Crippen molar-refractivity contribution in [2.45, 2.75) is 19.5 Å². The Kier molecular flexibility index (Phi) is 7.64. The minimum atomic E-state index is -0.445. The van der Waals surface area contributed by atoms with Crippen LogP contribution in [0.2, 0.25) is 5.02 Å². The molecule has 1 atom stereocenters. The first-order valence-electron chi connectivity index (χ1n) is 8.55. The maximum atomic E-state index is 12.3. The first-order chi connectivity index (χ1) is 12.9. The summed E-state index contributed by atoms with van der Waals surface area (Å²) in [5.41, 5.74) is 1.63. The number of amides is 2. The van der Waals surface area contributed by atoms with Crippen molar-refractivity contribution in [1.82, 2.24) is 10.2 Å². The molecule has 0 radical (unpaired) electrons. The van der Waals surface area contributed by atoms with Gasteiger partial charge >= 0.3 is 0 Å². The van der Waals surface area contributed by atoms with E-state index in [0.29, 0.717) is 17.3 Å². The zero-order valence-electron chi connectivity index (χ0n) is 15.7. The number of carbonyl (C=O) groups excluding carboxylic acids is 2. The Morgan fingerprint density at radius 2 is 1.74 bits per heavy atom. The van der Waals surface area contributed by atoms with E-state index >= 15 is 0 Å². The fourth-order valence-electron chi connectivity index (χ4n) is 2.38. The van der Waals surface area contributed by atoms with Gasteiger partial charge in [0.1, 0.15) is 5.75 Å². The quantitative estimate of drug-likeness (QED) is 0.728. The minimum absolute atomic E-state index is 0.0970. The van der Waals surface area contributed by atoms with Crippen LogP contribution in [-0.2, 0) is 16.1 Å². The standard InChI is InChI=1S/C20H24ClN3O3/c1-14(20(26)22-12-15-4-10-18(27-3)11-5-15)24(2)13-19(25)23-17-8-6-16(21)7-9-17/h4-11,14H,12-13H2,1-3H3,(H,22,26)(H,23,25)/t14-/m1/s1. The molecule has 2 amide bonds. The van der Waals surface area contributed by atoms with Gasteiger partial charge in [0.15, 0.2) is 0 Å². The maximum absolute atomic E-state index is 12.3. The van der Waals surface area contributed by atoms with Gasteiger partial charge in [-0.25, -0.2) is 0 Å². The zero-order chi connectivity index (χ0) is 19.8. The van der Waals surface area contributed by atoms with E-state index in [0.717, 1.165) is 11.3 Å². The van der Waals surface area contributed by atoms with Gasteiger partial charge < -0.3 is 15.4 Å². The molecule has 27 heavy (non-hydrogen) atoms. The summed E-state index contributed by atoms with van der Waals surface area (Å²) >= 11 is 5.83. The molecule has 7 heteroatoms. The Morgan fingerprint density at radius 1 is 1.11 bits per heavy atom. The molecule has 0 saturated carbocycles. The third kappa shape index (κ3) is 6.58. The molecule has 0 aromatic heterocycles. The topological polar surface area (TPSA) is 70.7 Å². The molecule has 2 aromatic rings. The molecule has 0 aliphatic carbocycles. The van der Waals surface area contributed by atoms with Crippen LogP contribution in [0.4, 0.5) is 5.69 Å². The summed E-state index contributed by atoms with van der Waals surface area (Å²) in [6.45, 7) is 2.27. The molecule has 2 aromatic carbocycles. The van der Waals surface area contributed by atoms with Crippen LogP contribution in [0.25, 0.3) is 0 Å². The number of benzene rings is 2. The number of hydrogen-bond donors (Lipinski definition) is 2. The molecule has 144 valence electrons. The van der Waals surface area contributed by atoms with Crippen molar-refractivity contribution in [3.05, 3.63) is 59.1 Å². The van der Waals surface area contributed by atoms with Crippen LogP contribution < -0.4 is 15.4 Å². The van der Waals surface area contributed by atoms with E-state index in [9.17, 15) is 9.59 Å². The number of ether oxygens (including phenoxy) is 1. The SMILES string of the molecule is COc1ccc(CNC(=O)[C@@H](C)N(C)CC(=O)Nc2ccc(Cl)cc2)cc1. The summed E-state index contributed by atoms with van der Waals surface area (Å²) < 4.78 is 5.11. The molecule has 0 spiro atoms. The van der Waals surface area contributed by atoms with E-state index in [-0.39, 0.29) is 18.4 Å². The fourth-order valence-corrected chi connectivity index (χ4v) is 2.50. The molecule has 2 N–H and O–H groups in total. The van der Waals surface area contributed by atoms with Crippen LogP contribution in [0.15, 0.2) is 48.5 Å². The van der Waals surface area contributed by atoms with Gasteiger partial charge in [0, 0.05) is 17.3 Å². The van der Waals surface area contributed by atoms with Crippen LogP contribution in [0.5, 0.6) is 5.75 Å². The normalized spacial score (nSPS) is 11.7. The van der Waals surface area contributed by atoms with E-state index in [1.165, 1.54) is 0 Å². The molecule has 0 heterocycles. The number of halogens is 1. The third-order valence-corrected chi connectivity index (χ3v) is 4.44. The monoisotopic (exact) mass is 389 g/mol. The number of nitrogens with zero attached hydrogens (tertiary/aromatic N) is 1. The van der Waals surface area contributed by atoms with Gasteiger partial charge in [-0.3, -0.25) is 14.5 Å². The summed E-state index contributed by atoms with van der Waals surface area (Å²) in [6.07, 6.45) is 0. The lowest BCUT2D eigenvalue weighted by Crippen LogP contribution is -2.45. The van der Waals surface area contributed by atoms with Crippen molar-refractivity contribution in [2.75, 3.05) is 26.0 Å². The molecule has 0 saturated heterocycles. The lowest BCUT2D eigenvalue weighted by molar-refractivity contribution is -0.126. The van der Waals surface area contributed by atoms with Crippen molar-refractivity contribution >= 4 is 29.1 Å². The third-order valence-electron chi connectivity index (χ3n) is 4.19. The van der Waals surface area contributed by atoms with Crippen LogP contribution in [0.3, 0.4) is 0 Å². The van der Waals surface area contributed by atoms with Crippen LogP contribution in [0.1, 0.15) is 12.5 Å². The van der Waals surface area contributed by atoms with Crippen LogP contribution in [0, 0.1) is 0 Å². The largest absolute Gasteiger partial charge is 0.497 e. The second-order valence-corrected chi connectivity index (χ2v) is 6.65. The van der Waals surface area contributed by atoms with Gasteiger partial charge in [-0.2, -0.15) is 0 Å². The number of methoxy groups -OCH3 is 1. The Labute approximate surface area is 164 Å². The Morgan fingerprint density at radius 3 is 2.33 bits per heavy atom. The molecule has 0 unspecified atom stereocenters. The highest BCUT2D eigenvalue weighted by atomic mass is 35.5. The summed E-state index contributed by atoms with van der Waals surface area (Å²) in [7, 11) is 3.34. The maximum Gasteiger partial charge on any atom is 0.238 e. The molecular weight excluding hydrogens is 366 g/mol. The van der Waals surface area contributed by atoms with Crippen LogP contribution in [-0.4, -0.2) is 43.5 Å².